The molecule has 2 heterocycles. The number of hydrogen-bond donors (Lipinski definition) is 1. The second-order valence-corrected chi connectivity index (χ2v) is 5.86. The molecule has 0 aromatic carbocycles. The molecule has 4 nitrogen and oxygen atoms in total. The minimum atomic E-state index is 0.186. The van der Waals surface area contributed by atoms with E-state index >= 15 is 0 Å². The molecule has 0 aromatic heterocycles. The zero-order valence-electron chi connectivity index (χ0n) is 11.7. The van der Waals surface area contributed by atoms with E-state index in [1.165, 1.54) is 0 Å². The Balaban J connectivity index is 1.77. The van der Waals surface area contributed by atoms with E-state index in [0.29, 0.717) is 17.9 Å². The Morgan fingerprint density at radius 2 is 2.00 bits per heavy atom. The summed E-state index contributed by atoms with van der Waals surface area (Å²) >= 11 is 0. The van der Waals surface area contributed by atoms with E-state index in [2.05, 4.69) is 12.2 Å². The summed E-state index contributed by atoms with van der Waals surface area (Å²) in [6.45, 7) is 5.64. The smallest absolute Gasteiger partial charge is 0.226 e. The van der Waals surface area contributed by atoms with Gasteiger partial charge in [-0.25, -0.2) is 0 Å². The van der Waals surface area contributed by atoms with Crippen molar-refractivity contribution < 1.29 is 9.53 Å². The van der Waals surface area contributed by atoms with Gasteiger partial charge < -0.3 is 15.0 Å². The number of carbonyl (C=O) groups excluding carboxylic acids is 1. The molecule has 4 heteroatoms. The van der Waals surface area contributed by atoms with Gasteiger partial charge in [-0.05, 0) is 38.5 Å². The third-order valence-corrected chi connectivity index (χ3v) is 4.26. The van der Waals surface area contributed by atoms with Crippen molar-refractivity contribution in [3.8, 4) is 0 Å². The molecule has 2 fully saturated rings. The molecule has 2 rings (SSSR count). The highest BCUT2D eigenvalue weighted by Gasteiger charge is 2.27. The van der Waals surface area contributed by atoms with Crippen molar-refractivity contribution in [2.75, 3.05) is 33.4 Å². The van der Waals surface area contributed by atoms with Crippen LogP contribution in [-0.4, -0.2) is 50.2 Å². The first-order valence-electron chi connectivity index (χ1n) is 7.23. The molecule has 0 aliphatic carbocycles. The van der Waals surface area contributed by atoms with Gasteiger partial charge in [0.1, 0.15) is 0 Å². The standard InChI is InChI=1S/C14H26N2O2/c1-11-3-4-13(9-15-11)14(17)16(2)10-12-5-7-18-8-6-12/h11-13,15H,3-10H2,1-2H3. The van der Waals surface area contributed by atoms with Gasteiger partial charge in [0.25, 0.3) is 0 Å². The average Bonchev–Trinajstić information content (AvgIpc) is 2.40. The van der Waals surface area contributed by atoms with Crippen molar-refractivity contribution in [1.29, 1.82) is 0 Å². The molecular weight excluding hydrogens is 228 g/mol. The Kier molecular flexibility index (Phi) is 5.01. The van der Waals surface area contributed by atoms with E-state index in [9.17, 15) is 4.79 Å². The summed E-state index contributed by atoms with van der Waals surface area (Å²) in [4.78, 5) is 14.3. The first kappa shape index (κ1) is 13.8. The van der Waals surface area contributed by atoms with Crippen LogP contribution in [0.15, 0.2) is 0 Å². The molecule has 0 spiro atoms. The maximum absolute atomic E-state index is 12.3. The highest BCUT2D eigenvalue weighted by atomic mass is 16.5. The zero-order valence-corrected chi connectivity index (χ0v) is 11.7. The van der Waals surface area contributed by atoms with Gasteiger partial charge in [-0.1, -0.05) is 0 Å². The van der Waals surface area contributed by atoms with Crippen LogP contribution in [0.1, 0.15) is 32.6 Å². The van der Waals surface area contributed by atoms with Crippen molar-refractivity contribution in [3.63, 3.8) is 0 Å². The molecule has 2 aliphatic heterocycles. The summed E-state index contributed by atoms with van der Waals surface area (Å²) in [6.07, 6.45) is 4.34. The zero-order chi connectivity index (χ0) is 13.0. The Hall–Kier alpha value is -0.610. The number of carbonyl (C=O) groups is 1. The van der Waals surface area contributed by atoms with E-state index < -0.39 is 0 Å². The number of nitrogens with zero attached hydrogens (tertiary/aromatic N) is 1. The van der Waals surface area contributed by atoms with Crippen molar-refractivity contribution >= 4 is 5.91 Å². The quantitative estimate of drug-likeness (QED) is 0.824. The molecule has 18 heavy (non-hydrogen) atoms. The first-order valence-corrected chi connectivity index (χ1v) is 7.23. The number of ether oxygens (including phenoxy) is 1. The van der Waals surface area contributed by atoms with Crippen molar-refractivity contribution in [3.05, 3.63) is 0 Å². The van der Waals surface area contributed by atoms with Crippen LogP contribution in [0.4, 0.5) is 0 Å². The van der Waals surface area contributed by atoms with E-state index in [1.54, 1.807) is 0 Å². The molecule has 0 radical (unpaired) electrons. The largest absolute Gasteiger partial charge is 0.381 e. The minimum Gasteiger partial charge on any atom is -0.381 e. The van der Waals surface area contributed by atoms with Crippen molar-refractivity contribution in [2.24, 2.45) is 11.8 Å². The number of nitrogens with one attached hydrogen (secondary N) is 1. The lowest BCUT2D eigenvalue weighted by Gasteiger charge is -2.32. The fourth-order valence-electron chi connectivity index (χ4n) is 2.93. The summed E-state index contributed by atoms with van der Waals surface area (Å²) in [7, 11) is 1.95. The number of hydrogen-bond acceptors (Lipinski definition) is 3. The summed E-state index contributed by atoms with van der Waals surface area (Å²) in [5.74, 6) is 1.13. The molecule has 2 saturated heterocycles. The van der Waals surface area contributed by atoms with Crippen LogP contribution in [0.2, 0.25) is 0 Å². The molecule has 2 unspecified atom stereocenters. The monoisotopic (exact) mass is 254 g/mol. The van der Waals surface area contributed by atoms with E-state index in [-0.39, 0.29) is 5.92 Å². The Labute approximate surface area is 110 Å². The van der Waals surface area contributed by atoms with Gasteiger partial charge >= 0.3 is 0 Å². The number of piperidine rings is 1. The lowest BCUT2D eigenvalue weighted by molar-refractivity contribution is -0.135. The van der Waals surface area contributed by atoms with E-state index in [0.717, 1.165) is 52.0 Å². The summed E-state index contributed by atoms with van der Waals surface area (Å²) in [5.41, 5.74) is 0. The number of rotatable bonds is 3. The van der Waals surface area contributed by atoms with Gasteiger partial charge in [0.15, 0.2) is 0 Å². The van der Waals surface area contributed by atoms with Gasteiger partial charge in [-0.3, -0.25) is 4.79 Å². The van der Waals surface area contributed by atoms with E-state index in [4.69, 9.17) is 4.74 Å². The van der Waals surface area contributed by atoms with Crippen LogP contribution in [0, 0.1) is 11.8 Å². The first-order chi connectivity index (χ1) is 8.66. The SMILES string of the molecule is CC1CCC(C(=O)N(C)CC2CCOCC2)CN1. The summed E-state index contributed by atoms with van der Waals surface area (Å²) in [5, 5.41) is 3.40. The molecule has 0 saturated carbocycles. The average molecular weight is 254 g/mol. The van der Waals surface area contributed by atoms with E-state index in [1.807, 2.05) is 11.9 Å². The second kappa shape index (κ2) is 6.53. The van der Waals surface area contributed by atoms with Gasteiger partial charge in [0, 0.05) is 39.4 Å². The maximum Gasteiger partial charge on any atom is 0.226 e. The normalized spacial score (nSPS) is 30.1. The Morgan fingerprint density at radius 3 is 2.61 bits per heavy atom. The molecule has 0 aromatic rings. The fraction of sp³-hybridized carbons (Fsp3) is 0.929. The topological polar surface area (TPSA) is 41.6 Å². The Morgan fingerprint density at radius 1 is 1.28 bits per heavy atom. The minimum absolute atomic E-state index is 0.186. The fourth-order valence-corrected chi connectivity index (χ4v) is 2.93. The van der Waals surface area contributed by atoms with Crippen LogP contribution in [0.25, 0.3) is 0 Å². The van der Waals surface area contributed by atoms with Crippen LogP contribution < -0.4 is 5.32 Å². The highest BCUT2D eigenvalue weighted by Crippen LogP contribution is 2.19. The van der Waals surface area contributed by atoms with Crippen LogP contribution in [-0.2, 0) is 9.53 Å². The van der Waals surface area contributed by atoms with Gasteiger partial charge in [0.2, 0.25) is 5.91 Å². The third kappa shape index (κ3) is 3.69. The highest BCUT2D eigenvalue weighted by molar-refractivity contribution is 5.78. The Bertz CT molecular complexity index is 269. The van der Waals surface area contributed by atoms with Crippen LogP contribution in [0.5, 0.6) is 0 Å². The molecule has 2 atom stereocenters. The predicted octanol–water partition coefficient (Wildman–Crippen LogP) is 1.26. The molecule has 2 aliphatic rings. The van der Waals surface area contributed by atoms with Crippen LogP contribution in [0.3, 0.4) is 0 Å². The third-order valence-electron chi connectivity index (χ3n) is 4.26. The van der Waals surface area contributed by atoms with Crippen molar-refractivity contribution in [2.45, 2.75) is 38.6 Å². The lowest BCUT2D eigenvalue weighted by atomic mass is 9.93. The molecule has 1 amide bonds. The predicted molar refractivity (Wildman–Crippen MR) is 71.4 cm³/mol. The molecule has 104 valence electrons. The molecular formula is C14H26N2O2. The van der Waals surface area contributed by atoms with Gasteiger partial charge in [-0.2, -0.15) is 0 Å². The lowest BCUT2D eigenvalue weighted by Crippen LogP contribution is -2.45. The van der Waals surface area contributed by atoms with Gasteiger partial charge in [0.05, 0.1) is 5.92 Å². The van der Waals surface area contributed by atoms with Crippen LogP contribution >= 0.6 is 0 Å². The molecule has 0 bridgehead atoms. The van der Waals surface area contributed by atoms with Crippen molar-refractivity contribution in [1.82, 2.24) is 10.2 Å². The van der Waals surface area contributed by atoms with Gasteiger partial charge in [-0.15, -0.1) is 0 Å². The summed E-state index contributed by atoms with van der Waals surface area (Å²) < 4.78 is 5.36. The second-order valence-electron chi connectivity index (χ2n) is 5.86. The maximum atomic E-state index is 12.3. The molecule has 1 N–H and O–H groups in total. The number of amides is 1. The summed E-state index contributed by atoms with van der Waals surface area (Å²) in [6, 6.07) is 0.565.